The van der Waals surface area contributed by atoms with Gasteiger partial charge in [0.1, 0.15) is 11.4 Å². The van der Waals surface area contributed by atoms with Crippen LogP contribution in [0.2, 0.25) is 0 Å². The van der Waals surface area contributed by atoms with Crippen molar-refractivity contribution in [3.05, 3.63) is 96.3 Å². The molecule has 0 bridgehead atoms. The zero-order valence-electron chi connectivity index (χ0n) is 17.5. The Hall–Kier alpha value is -5.12. The summed E-state index contributed by atoms with van der Waals surface area (Å²) in [6.45, 7) is 0. The average Bonchev–Trinajstić information content (AvgIpc) is 3.55. The van der Waals surface area contributed by atoms with Gasteiger partial charge in [-0.05, 0) is 24.3 Å². The fourth-order valence-electron chi connectivity index (χ4n) is 3.55. The predicted octanol–water partition coefficient (Wildman–Crippen LogP) is 3.58. The van der Waals surface area contributed by atoms with Crippen molar-refractivity contribution in [2.75, 3.05) is 0 Å². The number of aromatic nitrogens is 6. The van der Waals surface area contributed by atoms with E-state index in [0.29, 0.717) is 22.8 Å². The maximum Gasteiger partial charge on any atom is 0.337 e. The molecule has 10 heteroatoms. The minimum Gasteiger partial charge on any atom is -0.478 e. The molecular weight excluding hydrogens is 436 g/mol. The van der Waals surface area contributed by atoms with Crippen LogP contribution >= 0.6 is 0 Å². The summed E-state index contributed by atoms with van der Waals surface area (Å²) < 4.78 is 2.86. The molecule has 10 nitrogen and oxygen atoms in total. The maximum absolute atomic E-state index is 11.5. The maximum atomic E-state index is 11.5. The van der Waals surface area contributed by atoms with E-state index in [9.17, 15) is 19.8 Å². The van der Waals surface area contributed by atoms with Gasteiger partial charge in [0.15, 0.2) is 0 Å². The van der Waals surface area contributed by atoms with E-state index in [2.05, 4.69) is 20.6 Å². The molecule has 0 spiro atoms. The number of carboxylic acid groups (broad SMARTS) is 2. The Bertz CT molecular complexity index is 1410. The van der Waals surface area contributed by atoms with Gasteiger partial charge in [0.25, 0.3) is 0 Å². The van der Waals surface area contributed by atoms with E-state index in [1.807, 2.05) is 24.3 Å². The lowest BCUT2D eigenvalue weighted by atomic mass is 10.1. The minimum absolute atomic E-state index is 0.127. The third-order valence-electron chi connectivity index (χ3n) is 5.23. The molecule has 0 aliphatic heterocycles. The van der Waals surface area contributed by atoms with Crippen LogP contribution in [0.15, 0.2) is 85.2 Å². The molecule has 0 aliphatic rings. The van der Waals surface area contributed by atoms with Gasteiger partial charge in [0.2, 0.25) is 0 Å². The van der Waals surface area contributed by atoms with Gasteiger partial charge in [-0.25, -0.2) is 19.0 Å². The molecule has 0 amide bonds. The molecule has 2 N–H and O–H groups in total. The van der Waals surface area contributed by atoms with Gasteiger partial charge < -0.3 is 10.2 Å². The zero-order chi connectivity index (χ0) is 23.7. The summed E-state index contributed by atoms with van der Waals surface area (Å²) >= 11 is 0. The first kappa shape index (κ1) is 20.8. The third kappa shape index (κ3) is 3.79. The molecule has 0 unspecified atom stereocenters. The van der Waals surface area contributed by atoms with Crippen LogP contribution in [0.25, 0.3) is 33.9 Å². The molecule has 5 aromatic rings. The van der Waals surface area contributed by atoms with Gasteiger partial charge in [-0.2, -0.15) is 0 Å². The van der Waals surface area contributed by atoms with E-state index in [1.165, 1.54) is 21.5 Å². The quantitative estimate of drug-likeness (QED) is 0.399. The molecule has 0 saturated heterocycles. The van der Waals surface area contributed by atoms with Crippen molar-refractivity contribution in [3.8, 4) is 33.9 Å². The van der Waals surface area contributed by atoms with Crippen molar-refractivity contribution in [1.29, 1.82) is 0 Å². The molecule has 0 radical (unpaired) electrons. The van der Waals surface area contributed by atoms with Crippen LogP contribution in [0.4, 0.5) is 0 Å². The van der Waals surface area contributed by atoms with Crippen molar-refractivity contribution >= 4 is 11.9 Å². The topological polar surface area (TPSA) is 136 Å². The number of aromatic carboxylic acids is 2. The Kier molecular flexibility index (Phi) is 5.15. The molecular formula is C24H16N6O4. The number of carboxylic acids is 2. The van der Waals surface area contributed by atoms with Crippen molar-refractivity contribution in [3.63, 3.8) is 0 Å². The molecule has 3 aromatic carbocycles. The number of nitrogens with zero attached hydrogens (tertiary/aromatic N) is 6. The fourth-order valence-corrected chi connectivity index (χ4v) is 3.55. The lowest BCUT2D eigenvalue weighted by Crippen LogP contribution is -2.05. The molecule has 0 aliphatic carbocycles. The van der Waals surface area contributed by atoms with E-state index in [0.717, 1.165) is 11.1 Å². The van der Waals surface area contributed by atoms with Crippen molar-refractivity contribution < 1.29 is 19.8 Å². The van der Waals surface area contributed by atoms with Gasteiger partial charge in [-0.1, -0.05) is 59.0 Å². The van der Waals surface area contributed by atoms with Crippen LogP contribution in [0.5, 0.6) is 0 Å². The van der Waals surface area contributed by atoms with Crippen molar-refractivity contribution in [1.82, 2.24) is 30.0 Å². The molecule has 34 heavy (non-hydrogen) atoms. The second-order valence-electron chi connectivity index (χ2n) is 7.32. The Morgan fingerprint density at radius 2 is 0.971 bits per heavy atom. The van der Waals surface area contributed by atoms with E-state index >= 15 is 0 Å². The normalized spacial score (nSPS) is 10.8. The summed E-state index contributed by atoms with van der Waals surface area (Å²) in [5.41, 5.74) is 3.81. The van der Waals surface area contributed by atoms with Gasteiger partial charge in [-0.3, -0.25) is 0 Å². The van der Waals surface area contributed by atoms with E-state index in [-0.39, 0.29) is 11.1 Å². The monoisotopic (exact) mass is 452 g/mol. The van der Waals surface area contributed by atoms with Gasteiger partial charge in [0.05, 0.1) is 34.9 Å². The predicted molar refractivity (Wildman–Crippen MR) is 121 cm³/mol. The lowest BCUT2D eigenvalue weighted by molar-refractivity contribution is 0.0686. The number of para-hydroxylation sites is 2. The number of hydrogen-bond donors (Lipinski definition) is 2. The van der Waals surface area contributed by atoms with Crippen molar-refractivity contribution in [2.45, 2.75) is 0 Å². The van der Waals surface area contributed by atoms with E-state index in [4.69, 9.17) is 0 Å². The van der Waals surface area contributed by atoms with E-state index < -0.39 is 11.9 Å². The Balaban J connectivity index is 1.41. The Labute approximate surface area is 192 Å². The highest BCUT2D eigenvalue weighted by Gasteiger charge is 2.15. The van der Waals surface area contributed by atoms with Crippen LogP contribution in [0.1, 0.15) is 20.7 Å². The third-order valence-corrected chi connectivity index (χ3v) is 5.23. The second-order valence-corrected chi connectivity index (χ2v) is 7.32. The Morgan fingerprint density at radius 1 is 0.588 bits per heavy atom. The summed E-state index contributed by atoms with van der Waals surface area (Å²) in [5.74, 6) is -2.09. The lowest BCUT2D eigenvalue weighted by Gasteiger charge is -2.04. The van der Waals surface area contributed by atoms with Gasteiger partial charge in [0, 0.05) is 11.1 Å². The van der Waals surface area contributed by atoms with Gasteiger partial charge >= 0.3 is 11.9 Å². The number of benzene rings is 3. The van der Waals surface area contributed by atoms with Crippen LogP contribution in [0, 0.1) is 0 Å². The first-order chi connectivity index (χ1) is 16.5. The molecule has 2 aromatic heterocycles. The number of hydrogen-bond acceptors (Lipinski definition) is 6. The number of rotatable bonds is 6. The van der Waals surface area contributed by atoms with Crippen LogP contribution in [-0.4, -0.2) is 52.1 Å². The highest BCUT2D eigenvalue weighted by Crippen LogP contribution is 2.24. The average molecular weight is 452 g/mol. The fraction of sp³-hybridized carbons (Fsp3) is 0. The summed E-state index contributed by atoms with van der Waals surface area (Å²) in [6, 6.07) is 20.5. The standard InChI is InChI=1S/C24H16N6O4/c31-23(32)17-5-1-3-7-21(17)29-13-19(25-27-29)15-9-11-16(12-10-15)20-14-30(28-26-20)22-8-4-2-6-18(22)24(33)34/h1-14H,(H,31,32)(H,33,34). The smallest absolute Gasteiger partial charge is 0.337 e. The minimum atomic E-state index is -1.05. The summed E-state index contributed by atoms with van der Waals surface area (Å²) in [7, 11) is 0. The molecule has 2 heterocycles. The first-order valence-corrected chi connectivity index (χ1v) is 10.1. The van der Waals surface area contributed by atoms with Crippen LogP contribution in [0.3, 0.4) is 0 Å². The molecule has 0 atom stereocenters. The first-order valence-electron chi connectivity index (χ1n) is 10.1. The van der Waals surface area contributed by atoms with Crippen LogP contribution in [-0.2, 0) is 0 Å². The largest absolute Gasteiger partial charge is 0.478 e. The molecule has 0 saturated carbocycles. The van der Waals surface area contributed by atoms with E-state index in [1.54, 1.807) is 48.8 Å². The highest BCUT2D eigenvalue weighted by molar-refractivity contribution is 5.92. The summed E-state index contributed by atoms with van der Waals surface area (Å²) in [5, 5.41) is 35.3. The summed E-state index contributed by atoms with van der Waals surface area (Å²) in [4.78, 5) is 23.0. The summed E-state index contributed by atoms with van der Waals surface area (Å²) in [6.07, 6.45) is 3.33. The molecule has 5 rings (SSSR count). The second kappa shape index (κ2) is 8.43. The van der Waals surface area contributed by atoms with Crippen molar-refractivity contribution in [2.24, 2.45) is 0 Å². The molecule has 0 fully saturated rings. The SMILES string of the molecule is O=C(O)c1ccccc1-n1cc(-c2ccc(-c3cn(-c4ccccc4C(=O)O)nn3)cc2)nn1. The van der Waals surface area contributed by atoms with Gasteiger partial charge in [-0.15, -0.1) is 10.2 Å². The highest BCUT2D eigenvalue weighted by atomic mass is 16.4. The van der Waals surface area contributed by atoms with Crippen LogP contribution < -0.4 is 0 Å². The zero-order valence-corrected chi connectivity index (χ0v) is 17.5. The Morgan fingerprint density at radius 3 is 1.35 bits per heavy atom. The number of carbonyl (C=O) groups is 2. The molecule has 166 valence electrons.